The molecule has 1 aliphatic carbocycles. The number of hydrogen-bond acceptors (Lipinski definition) is 5. The summed E-state index contributed by atoms with van der Waals surface area (Å²) in [4.78, 5) is 42.3. The van der Waals surface area contributed by atoms with Crippen molar-refractivity contribution in [2.45, 2.75) is 69.6 Å². The quantitative estimate of drug-likeness (QED) is 0.505. The Morgan fingerprint density at radius 3 is 2.23 bits per heavy atom. The summed E-state index contributed by atoms with van der Waals surface area (Å²) >= 11 is 0. The Hall–Kier alpha value is -2.87. The molecule has 222 valence electrons. The van der Waals surface area contributed by atoms with Gasteiger partial charge in [0.2, 0.25) is 17.7 Å². The number of halogens is 6. The van der Waals surface area contributed by atoms with Crippen molar-refractivity contribution in [1.82, 2.24) is 14.7 Å². The van der Waals surface area contributed by atoms with E-state index in [-0.39, 0.29) is 55.6 Å². The molecule has 2 saturated heterocycles. The van der Waals surface area contributed by atoms with Gasteiger partial charge in [-0.05, 0) is 49.3 Å². The van der Waals surface area contributed by atoms with Crippen LogP contribution in [0, 0.1) is 5.41 Å². The minimum absolute atomic E-state index is 0.00801. The molecule has 2 N–H and O–H groups in total. The standard InChI is InChI=1S/C26H31F6N3O5/c1-15-23(40)34(13-17(36)12-21(38)33-7-6-24(4-5-24)20(37)14-33)8-9-35(15)22(39)11-16-2-3-18(25(27,28)29)19(10-16)26(30,31)32/h2-3,10,15,17,20,36-37H,4-9,11-14H2,1H3/t15-,17+,20+/m0/s1. The lowest BCUT2D eigenvalue weighted by Crippen LogP contribution is -2.59. The third kappa shape index (κ3) is 6.37. The molecular formula is C26H31F6N3O5. The van der Waals surface area contributed by atoms with Crippen molar-refractivity contribution >= 4 is 17.7 Å². The normalized spacial score (nSPS) is 23.9. The molecule has 1 aromatic rings. The maximum Gasteiger partial charge on any atom is 0.417 e. The average Bonchev–Trinajstić information content (AvgIpc) is 3.63. The third-order valence-electron chi connectivity index (χ3n) is 8.18. The molecule has 1 aromatic carbocycles. The van der Waals surface area contributed by atoms with E-state index in [9.17, 15) is 50.9 Å². The number of piperazine rings is 1. The largest absolute Gasteiger partial charge is 0.417 e. The fraction of sp³-hybridized carbons (Fsp3) is 0.654. The van der Waals surface area contributed by atoms with Gasteiger partial charge < -0.3 is 24.9 Å². The summed E-state index contributed by atoms with van der Waals surface area (Å²) in [6, 6.07) is 0.350. The first-order valence-corrected chi connectivity index (χ1v) is 13.0. The van der Waals surface area contributed by atoms with Crippen molar-refractivity contribution in [3.8, 4) is 0 Å². The Balaban J connectivity index is 1.32. The van der Waals surface area contributed by atoms with Gasteiger partial charge in [-0.3, -0.25) is 14.4 Å². The van der Waals surface area contributed by atoms with Crippen LogP contribution < -0.4 is 0 Å². The van der Waals surface area contributed by atoms with Crippen LogP contribution in [-0.2, 0) is 33.2 Å². The second-order valence-corrected chi connectivity index (χ2v) is 10.9. The smallest absolute Gasteiger partial charge is 0.391 e. The molecule has 0 unspecified atom stereocenters. The molecule has 2 aliphatic heterocycles. The maximum absolute atomic E-state index is 13.2. The zero-order chi connectivity index (χ0) is 29.6. The summed E-state index contributed by atoms with van der Waals surface area (Å²) < 4.78 is 78.8. The maximum atomic E-state index is 13.2. The number of rotatable bonds is 6. The van der Waals surface area contributed by atoms with Crippen molar-refractivity contribution in [2.24, 2.45) is 5.41 Å². The van der Waals surface area contributed by atoms with Crippen LogP contribution in [0.15, 0.2) is 18.2 Å². The summed E-state index contributed by atoms with van der Waals surface area (Å²) in [5.41, 5.74) is -4.11. The van der Waals surface area contributed by atoms with Crippen molar-refractivity contribution in [3.63, 3.8) is 0 Å². The number of likely N-dealkylation sites (tertiary alicyclic amines) is 1. The average molecular weight is 580 g/mol. The number of aliphatic hydroxyl groups is 2. The number of carbonyl (C=O) groups is 3. The summed E-state index contributed by atoms with van der Waals surface area (Å²) in [6.07, 6.45) is -10.6. The predicted octanol–water partition coefficient (Wildman–Crippen LogP) is 2.45. The first-order valence-electron chi connectivity index (χ1n) is 13.0. The van der Waals surface area contributed by atoms with Gasteiger partial charge in [0.05, 0.1) is 36.2 Å². The Labute approximate surface area is 226 Å². The fourth-order valence-corrected chi connectivity index (χ4v) is 5.55. The number of alkyl halides is 6. The van der Waals surface area contributed by atoms with Gasteiger partial charge in [-0.2, -0.15) is 26.3 Å². The number of piperidine rings is 1. The molecule has 0 radical (unpaired) electrons. The van der Waals surface area contributed by atoms with E-state index in [0.29, 0.717) is 19.0 Å². The second-order valence-electron chi connectivity index (χ2n) is 10.9. The number of carbonyl (C=O) groups excluding carboxylic acids is 3. The zero-order valence-electron chi connectivity index (χ0n) is 21.8. The lowest BCUT2D eigenvalue weighted by molar-refractivity contribution is -0.162. The number of aliphatic hydroxyl groups excluding tert-OH is 2. The molecule has 3 aliphatic rings. The molecule has 0 aromatic heterocycles. The topological polar surface area (TPSA) is 101 Å². The number of benzene rings is 1. The van der Waals surface area contributed by atoms with Crippen molar-refractivity contribution < 1.29 is 50.9 Å². The summed E-state index contributed by atoms with van der Waals surface area (Å²) in [7, 11) is 0. The van der Waals surface area contributed by atoms with Gasteiger partial charge in [0, 0.05) is 32.7 Å². The Kier molecular flexibility index (Phi) is 8.16. The molecule has 14 heteroatoms. The minimum Gasteiger partial charge on any atom is -0.391 e. The lowest BCUT2D eigenvalue weighted by Gasteiger charge is -2.40. The molecular weight excluding hydrogens is 548 g/mol. The van der Waals surface area contributed by atoms with Crippen LogP contribution in [0.3, 0.4) is 0 Å². The van der Waals surface area contributed by atoms with Crippen molar-refractivity contribution in [1.29, 1.82) is 0 Å². The summed E-state index contributed by atoms with van der Waals surface area (Å²) in [6.45, 7) is 1.89. The molecule has 40 heavy (non-hydrogen) atoms. The molecule has 4 rings (SSSR count). The van der Waals surface area contributed by atoms with Crippen LogP contribution in [-0.4, -0.2) is 93.6 Å². The van der Waals surface area contributed by atoms with E-state index < -0.39 is 60.0 Å². The van der Waals surface area contributed by atoms with Gasteiger partial charge >= 0.3 is 12.4 Å². The molecule has 0 bridgehead atoms. The monoisotopic (exact) mass is 579 g/mol. The highest BCUT2D eigenvalue weighted by Gasteiger charge is 2.52. The van der Waals surface area contributed by atoms with E-state index in [0.717, 1.165) is 23.8 Å². The number of hydrogen-bond donors (Lipinski definition) is 2. The van der Waals surface area contributed by atoms with Crippen LogP contribution in [0.1, 0.15) is 49.3 Å². The number of amides is 3. The van der Waals surface area contributed by atoms with Gasteiger partial charge in [0.15, 0.2) is 0 Å². The number of nitrogens with zero attached hydrogens (tertiary/aromatic N) is 3. The highest BCUT2D eigenvalue weighted by molar-refractivity contribution is 5.89. The molecule has 8 nitrogen and oxygen atoms in total. The highest BCUT2D eigenvalue weighted by atomic mass is 19.4. The van der Waals surface area contributed by atoms with E-state index in [2.05, 4.69) is 0 Å². The van der Waals surface area contributed by atoms with Crippen LogP contribution in [0.2, 0.25) is 0 Å². The molecule has 3 amide bonds. The van der Waals surface area contributed by atoms with E-state index in [1.54, 1.807) is 0 Å². The van der Waals surface area contributed by atoms with Crippen LogP contribution >= 0.6 is 0 Å². The SMILES string of the molecule is C[C@H]1C(=O)N(C[C@H](O)CC(=O)N2CCC3(CC3)[C@H](O)C2)CCN1C(=O)Cc1ccc(C(F)(F)F)c(C(F)(F)F)c1. The third-order valence-corrected chi connectivity index (χ3v) is 8.18. The number of β-amino-alcohol motifs (C(OH)–C–C–N with tert-alkyl or cyclic N) is 2. The van der Waals surface area contributed by atoms with Gasteiger partial charge in [-0.15, -0.1) is 0 Å². The Bertz CT molecular complexity index is 1150. The minimum atomic E-state index is -5.28. The predicted molar refractivity (Wildman–Crippen MR) is 127 cm³/mol. The first kappa shape index (κ1) is 30.1. The van der Waals surface area contributed by atoms with Crippen LogP contribution in [0.4, 0.5) is 26.3 Å². The Morgan fingerprint density at radius 1 is 1.00 bits per heavy atom. The van der Waals surface area contributed by atoms with Crippen LogP contribution in [0.5, 0.6) is 0 Å². The van der Waals surface area contributed by atoms with E-state index in [1.165, 1.54) is 16.7 Å². The molecule has 1 spiro atoms. The fourth-order valence-electron chi connectivity index (χ4n) is 5.55. The molecule has 3 fully saturated rings. The van der Waals surface area contributed by atoms with Crippen molar-refractivity contribution in [3.05, 3.63) is 34.9 Å². The van der Waals surface area contributed by atoms with Crippen LogP contribution in [0.25, 0.3) is 0 Å². The van der Waals surface area contributed by atoms with Gasteiger partial charge in [-0.25, -0.2) is 0 Å². The molecule has 2 heterocycles. The van der Waals surface area contributed by atoms with E-state index >= 15 is 0 Å². The van der Waals surface area contributed by atoms with Gasteiger partial charge in [0.1, 0.15) is 6.04 Å². The van der Waals surface area contributed by atoms with Gasteiger partial charge in [0.25, 0.3) is 0 Å². The Morgan fingerprint density at radius 2 is 1.65 bits per heavy atom. The van der Waals surface area contributed by atoms with Crippen molar-refractivity contribution in [2.75, 3.05) is 32.7 Å². The first-order chi connectivity index (χ1) is 18.5. The van der Waals surface area contributed by atoms with Gasteiger partial charge in [-0.1, -0.05) is 6.07 Å². The second kappa shape index (κ2) is 10.8. The molecule has 1 saturated carbocycles. The van der Waals surface area contributed by atoms with E-state index in [4.69, 9.17) is 0 Å². The highest BCUT2D eigenvalue weighted by Crippen LogP contribution is 2.53. The van der Waals surface area contributed by atoms with E-state index in [1.807, 2.05) is 0 Å². The zero-order valence-corrected chi connectivity index (χ0v) is 21.8. The summed E-state index contributed by atoms with van der Waals surface area (Å²) in [5.74, 6) is -1.62. The lowest BCUT2D eigenvalue weighted by atomic mass is 9.90. The summed E-state index contributed by atoms with van der Waals surface area (Å²) in [5, 5.41) is 20.8. The molecule has 3 atom stereocenters.